The number of carboxylic acids is 1. The van der Waals surface area contributed by atoms with Gasteiger partial charge in [0, 0.05) is 31.9 Å². The molecule has 1 aromatic carbocycles. The Hall–Kier alpha value is -3.07. The Labute approximate surface area is 175 Å². The van der Waals surface area contributed by atoms with Crippen LogP contribution in [-0.4, -0.2) is 89.5 Å². The second kappa shape index (κ2) is 9.62. The third kappa shape index (κ3) is 4.73. The molecule has 0 aromatic heterocycles. The van der Waals surface area contributed by atoms with Crippen LogP contribution in [0.25, 0.3) is 0 Å². The van der Waals surface area contributed by atoms with Gasteiger partial charge in [-0.2, -0.15) is 0 Å². The molecule has 3 rings (SSSR count). The van der Waals surface area contributed by atoms with Gasteiger partial charge in [-0.3, -0.25) is 14.5 Å². The zero-order valence-corrected chi connectivity index (χ0v) is 16.7. The van der Waals surface area contributed by atoms with Crippen LogP contribution in [0.3, 0.4) is 0 Å². The minimum atomic E-state index is -1.32. The molecule has 0 saturated carbocycles. The summed E-state index contributed by atoms with van der Waals surface area (Å²) in [4.78, 5) is 41.6. The topological polar surface area (TPSA) is 111 Å². The summed E-state index contributed by atoms with van der Waals surface area (Å²) in [5.74, 6) is -2.82. The molecule has 2 heterocycles. The monoisotopic (exact) mass is 417 g/mol. The first-order valence-corrected chi connectivity index (χ1v) is 9.96. The molecule has 162 valence electrons. The molecule has 1 unspecified atom stereocenters. The van der Waals surface area contributed by atoms with Crippen LogP contribution >= 0.6 is 0 Å². The number of ether oxygens (including phenoxy) is 1. The molecule has 0 spiro atoms. The van der Waals surface area contributed by atoms with Crippen molar-refractivity contribution in [3.8, 4) is 0 Å². The molecule has 2 aliphatic heterocycles. The fourth-order valence-corrected chi connectivity index (χ4v) is 4.11. The second-order valence-corrected chi connectivity index (χ2v) is 7.45. The van der Waals surface area contributed by atoms with Gasteiger partial charge in [0.2, 0.25) is 5.91 Å². The molecular weight excluding hydrogens is 390 g/mol. The van der Waals surface area contributed by atoms with Crippen molar-refractivity contribution >= 4 is 23.7 Å². The molecule has 1 aromatic rings. The standard InChI is InChI=1S/C21H27N3O6/c1-2-12-30-16-13-17(20(26)27)18(24(14-16)21(28)29)19(25)23-10-8-22(9-11-23)15-6-4-3-5-7-15/h2-7,16-18H,1,8-14H2,(H,26,27)(H,28,29)/t16-,17-,18?/m0/s1. The van der Waals surface area contributed by atoms with Gasteiger partial charge in [-0.05, 0) is 18.6 Å². The van der Waals surface area contributed by atoms with Gasteiger partial charge >= 0.3 is 12.1 Å². The lowest BCUT2D eigenvalue weighted by atomic mass is 9.86. The van der Waals surface area contributed by atoms with Gasteiger partial charge in [0.15, 0.2) is 0 Å². The summed E-state index contributed by atoms with van der Waals surface area (Å²) in [5, 5.41) is 19.4. The van der Waals surface area contributed by atoms with Crippen LogP contribution in [-0.2, 0) is 14.3 Å². The summed E-state index contributed by atoms with van der Waals surface area (Å²) in [6.45, 7) is 5.68. The fourth-order valence-electron chi connectivity index (χ4n) is 4.11. The highest BCUT2D eigenvalue weighted by atomic mass is 16.5. The van der Waals surface area contributed by atoms with Gasteiger partial charge < -0.3 is 24.7 Å². The smallest absolute Gasteiger partial charge is 0.408 e. The van der Waals surface area contributed by atoms with E-state index >= 15 is 0 Å². The molecule has 2 N–H and O–H groups in total. The molecule has 0 bridgehead atoms. The van der Waals surface area contributed by atoms with Crippen LogP contribution in [0.15, 0.2) is 43.0 Å². The van der Waals surface area contributed by atoms with E-state index in [9.17, 15) is 24.6 Å². The zero-order chi connectivity index (χ0) is 21.7. The molecule has 9 nitrogen and oxygen atoms in total. The number of amides is 2. The molecule has 2 amide bonds. The van der Waals surface area contributed by atoms with Crippen molar-refractivity contribution < 1.29 is 29.3 Å². The van der Waals surface area contributed by atoms with E-state index < -0.39 is 36.0 Å². The highest BCUT2D eigenvalue weighted by molar-refractivity contribution is 5.91. The number of carboxylic acid groups (broad SMARTS) is 2. The van der Waals surface area contributed by atoms with Crippen LogP contribution in [0.4, 0.5) is 10.5 Å². The number of hydrogen-bond acceptors (Lipinski definition) is 5. The minimum absolute atomic E-state index is 0.0483. The quantitative estimate of drug-likeness (QED) is 0.673. The van der Waals surface area contributed by atoms with Crippen LogP contribution in [0.2, 0.25) is 0 Å². The minimum Gasteiger partial charge on any atom is -0.481 e. The Kier molecular flexibility index (Phi) is 6.94. The van der Waals surface area contributed by atoms with Gasteiger partial charge in [0.1, 0.15) is 6.04 Å². The number of carbonyl (C=O) groups is 3. The number of aliphatic carboxylic acids is 1. The number of hydrogen-bond donors (Lipinski definition) is 2. The molecular formula is C21H27N3O6. The predicted molar refractivity (Wildman–Crippen MR) is 109 cm³/mol. The number of nitrogens with zero attached hydrogens (tertiary/aromatic N) is 3. The third-order valence-corrected chi connectivity index (χ3v) is 5.61. The van der Waals surface area contributed by atoms with E-state index in [-0.39, 0.29) is 19.6 Å². The molecule has 30 heavy (non-hydrogen) atoms. The Morgan fingerprint density at radius 2 is 1.77 bits per heavy atom. The van der Waals surface area contributed by atoms with Crippen molar-refractivity contribution in [3.05, 3.63) is 43.0 Å². The summed E-state index contributed by atoms with van der Waals surface area (Å²) in [6.07, 6.45) is -0.328. The highest BCUT2D eigenvalue weighted by Gasteiger charge is 2.48. The van der Waals surface area contributed by atoms with Crippen molar-refractivity contribution in [2.75, 3.05) is 44.2 Å². The number of piperidine rings is 1. The Balaban J connectivity index is 1.73. The van der Waals surface area contributed by atoms with E-state index in [1.165, 1.54) is 6.08 Å². The fraction of sp³-hybridized carbons (Fsp3) is 0.476. The van der Waals surface area contributed by atoms with Gasteiger partial charge in [0.05, 0.1) is 25.2 Å². The lowest BCUT2D eigenvalue weighted by molar-refractivity contribution is -0.157. The summed E-state index contributed by atoms with van der Waals surface area (Å²) in [5.41, 5.74) is 1.06. The maximum atomic E-state index is 13.2. The van der Waals surface area contributed by atoms with Gasteiger partial charge in [-0.15, -0.1) is 6.58 Å². The lowest BCUT2D eigenvalue weighted by Gasteiger charge is -2.44. The largest absolute Gasteiger partial charge is 0.481 e. The predicted octanol–water partition coefficient (Wildman–Crippen LogP) is 1.36. The summed E-state index contributed by atoms with van der Waals surface area (Å²) in [7, 11) is 0. The number of carbonyl (C=O) groups excluding carboxylic acids is 1. The van der Waals surface area contributed by atoms with E-state index in [0.717, 1.165) is 10.6 Å². The maximum absolute atomic E-state index is 13.2. The van der Waals surface area contributed by atoms with Crippen molar-refractivity contribution in [2.24, 2.45) is 5.92 Å². The Morgan fingerprint density at radius 3 is 2.33 bits per heavy atom. The summed E-state index contributed by atoms with van der Waals surface area (Å²) < 4.78 is 5.51. The SMILES string of the molecule is C=CCO[C@H]1C[C@H](C(=O)O)C(C(=O)N2CCN(c3ccccc3)CC2)N(C(=O)O)C1. The zero-order valence-electron chi connectivity index (χ0n) is 16.7. The molecule has 9 heteroatoms. The van der Waals surface area contributed by atoms with Crippen molar-refractivity contribution in [2.45, 2.75) is 18.6 Å². The molecule has 2 fully saturated rings. The first kappa shape index (κ1) is 21.6. The first-order valence-electron chi connectivity index (χ1n) is 9.96. The maximum Gasteiger partial charge on any atom is 0.408 e. The van der Waals surface area contributed by atoms with E-state index in [0.29, 0.717) is 26.2 Å². The Bertz CT molecular complexity index is 754. The molecule has 0 aliphatic carbocycles. The van der Waals surface area contributed by atoms with Gasteiger partial charge in [-0.25, -0.2) is 4.79 Å². The second-order valence-electron chi connectivity index (χ2n) is 7.45. The average molecular weight is 417 g/mol. The summed E-state index contributed by atoms with van der Waals surface area (Å²) in [6, 6.07) is 8.56. The van der Waals surface area contributed by atoms with Gasteiger partial charge in [-0.1, -0.05) is 24.3 Å². The first-order chi connectivity index (χ1) is 14.4. The third-order valence-electron chi connectivity index (χ3n) is 5.61. The molecule has 3 atom stereocenters. The average Bonchev–Trinajstić information content (AvgIpc) is 2.77. The Morgan fingerprint density at radius 1 is 1.10 bits per heavy atom. The number of likely N-dealkylation sites (tertiary alicyclic amines) is 1. The highest BCUT2D eigenvalue weighted by Crippen LogP contribution is 2.28. The molecule has 0 radical (unpaired) electrons. The van der Waals surface area contributed by atoms with E-state index in [4.69, 9.17) is 4.74 Å². The van der Waals surface area contributed by atoms with Crippen LogP contribution in [0, 0.1) is 5.92 Å². The number of anilines is 1. The van der Waals surface area contributed by atoms with Crippen LogP contribution < -0.4 is 4.90 Å². The van der Waals surface area contributed by atoms with Crippen LogP contribution in [0.1, 0.15) is 6.42 Å². The normalized spacial score (nSPS) is 24.4. The number of benzene rings is 1. The van der Waals surface area contributed by atoms with Crippen LogP contribution in [0.5, 0.6) is 0 Å². The summed E-state index contributed by atoms with van der Waals surface area (Å²) >= 11 is 0. The molecule has 2 saturated heterocycles. The van der Waals surface area contributed by atoms with Gasteiger partial charge in [0.25, 0.3) is 0 Å². The van der Waals surface area contributed by atoms with E-state index in [2.05, 4.69) is 11.5 Å². The number of rotatable bonds is 6. The van der Waals surface area contributed by atoms with Crippen molar-refractivity contribution in [1.82, 2.24) is 9.80 Å². The molecule has 2 aliphatic rings. The van der Waals surface area contributed by atoms with Crippen molar-refractivity contribution in [1.29, 1.82) is 0 Å². The number of para-hydroxylation sites is 1. The van der Waals surface area contributed by atoms with Crippen molar-refractivity contribution in [3.63, 3.8) is 0 Å². The number of piperazine rings is 1. The van der Waals surface area contributed by atoms with E-state index in [1.54, 1.807) is 4.90 Å². The lowest BCUT2D eigenvalue weighted by Crippen LogP contribution is -2.63. The van der Waals surface area contributed by atoms with E-state index in [1.807, 2.05) is 30.3 Å².